The molecular weight excluding hydrogens is 317 g/mol. The lowest BCUT2D eigenvalue weighted by Gasteiger charge is -2.03. The number of halogens is 2. The fourth-order valence-corrected chi connectivity index (χ4v) is 2.67. The second-order valence-corrected chi connectivity index (χ2v) is 6.05. The van der Waals surface area contributed by atoms with E-state index in [1.165, 1.54) is 30.9 Å². The summed E-state index contributed by atoms with van der Waals surface area (Å²) in [4.78, 5) is 4.35. The van der Waals surface area contributed by atoms with Gasteiger partial charge < -0.3 is 5.11 Å². The van der Waals surface area contributed by atoms with E-state index in [0.29, 0.717) is 10.6 Å². The Morgan fingerprint density at radius 3 is 2.50 bits per heavy atom. The van der Waals surface area contributed by atoms with Gasteiger partial charge in [0, 0.05) is 16.8 Å². The molecule has 0 fully saturated rings. The molecule has 2 aromatic carbocycles. The van der Waals surface area contributed by atoms with Crippen LogP contribution in [0.1, 0.15) is 37.3 Å². The van der Waals surface area contributed by atoms with Gasteiger partial charge in [0.2, 0.25) is 0 Å². The highest BCUT2D eigenvalue weighted by Crippen LogP contribution is 2.30. The molecule has 0 saturated carbocycles. The van der Waals surface area contributed by atoms with Crippen molar-refractivity contribution >= 4 is 35.1 Å². The van der Waals surface area contributed by atoms with E-state index in [4.69, 9.17) is 23.2 Å². The van der Waals surface area contributed by atoms with Gasteiger partial charge in [0.05, 0.1) is 10.7 Å². The van der Waals surface area contributed by atoms with Crippen molar-refractivity contribution in [2.75, 3.05) is 0 Å². The summed E-state index contributed by atoms with van der Waals surface area (Å²) in [5.74, 6) is -0.00833. The van der Waals surface area contributed by atoms with Gasteiger partial charge in [0.25, 0.3) is 0 Å². The predicted octanol–water partition coefficient (Wildman–Crippen LogP) is 6.18. The van der Waals surface area contributed by atoms with Gasteiger partial charge in [-0.1, -0.05) is 55.1 Å². The Hall–Kier alpha value is -1.51. The van der Waals surface area contributed by atoms with Crippen molar-refractivity contribution in [1.82, 2.24) is 0 Å². The molecule has 4 heteroatoms. The van der Waals surface area contributed by atoms with E-state index in [-0.39, 0.29) is 10.8 Å². The normalized spacial score (nSPS) is 11.2. The van der Waals surface area contributed by atoms with Crippen molar-refractivity contribution in [3.63, 3.8) is 0 Å². The van der Waals surface area contributed by atoms with E-state index in [0.717, 1.165) is 12.1 Å². The SMILES string of the molecule is CCCCCc1ccc(N=Cc2cc(Cl)cc(Cl)c2O)cc1. The van der Waals surface area contributed by atoms with Crippen LogP contribution in [-0.2, 0) is 6.42 Å². The lowest BCUT2D eigenvalue weighted by molar-refractivity contribution is 0.475. The zero-order valence-corrected chi connectivity index (χ0v) is 14.0. The standard InChI is InChI=1S/C18H19Cl2NO/c1-2-3-4-5-13-6-8-16(9-7-13)21-12-14-10-15(19)11-17(20)18(14)22/h6-12,22H,2-5H2,1H3. The maximum absolute atomic E-state index is 9.88. The molecule has 0 aliphatic rings. The molecule has 2 nitrogen and oxygen atoms in total. The number of aryl methyl sites for hydroxylation is 1. The fourth-order valence-electron chi connectivity index (χ4n) is 2.16. The van der Waals surface area contributed by atoms with E-state index in [1.54, 1.807) is 12.3 Å². The maximum Gasteiger partial charge on any atom is 0.143 e. The van der Waals surface area contributed by atoms with E-state index in [9.17, 15) is 5.11 Å². The molecule has 22 heavy (non-hydrogen) atoms. The van der Waals surface area contributed by atoms with Gasteiger partial charge >= 0.3 is 0 Å². The molecule has 2 rings (SSSR count). The van der Waals surface area contributed by atoms with Crippen molar-refractivity contribution in [3.8, 4) is 5.75 Å². The zero-order chi connectivity index (χ0) is 15.9. The van der Waals surface area contributed by atoms with Gasteiger partial charge in [0.15, 0.2) is 0 Å². The molecule has 0 spiro atoms. The van der Waals surface area contributed by atoms with Crippen LogP contribution in [0, 0.1) is 0 Å². The highest BCUT2D eigenvalue weighted by atomic mass is 35.5. The summed E-state index contributed by atoms with van der Waals surface area (Å²) in [7, 11) is 0. The first kappa shape index (κ1) is 16.9. The number of hydrogen-bond acceptors (Lipinski definition) is 2. The molecule has 0 amide bonds. The van der Waals surface area contributed by atoms with Gasteiger partial charge in [-0.2, -0.15) is 0 Å². The van der Waals surface area contributed by atoms with Crippen LogP contribution in [0.4, 0.5) is 5.69 Å². The van der Waals surface area contributed by atoms with Crippen molar-refractivity contribution in [3.05, 3.63) is 57.6 Å². The van der Waals surface area contributed by atoms with Crippen molar-refractivity contribution in [2.45, 2.75) is 32.6 Å². The summed E-state index contributed by atoms with van der Waals surface area (Å²) in [5, 5.41) is 10.6. The van der Waals surface area contributed by atoms with Gasteiger partial charge in [-0.05, 0) is 42.7 Å². The van der Waals surface area contributed by atoms with E-state index in [2.05, 4.69) is 24.0 Å². The van der Waals surface area contributed by atoms with Crippen LogP contribution < -0.4 is 0 Å². The molecule has 0 unspecified atom stereocenters. The largest absolute Gasteiger partial charge is 0.506 e. The molecule has 0 radical (unpaired) electrons. The number of rotatable bonds is 6. The average Bonchev–Trinajstić information content (AvgIpc) is 2.51. The van der Waals surface area contributed by atoms with Gasteiger partial charge in [-0.15, -0.1) is 0 Å². The molecular formula is C18H19Cl2NO. The maximum atomic E-state index is 9.88. The first-order chi connectivity index (χ1) is 10.6. The molecule has 0 aliphatic carbocycles. The van der Waals surface area contributed by atoms with E-state index >= 15 is 0 Å². The quantitative estimate of drug-likeness (QED) is 0.496. The number of unbranched alkanes of at least 4 members (excludes halogenated alkanes) is 2. The average molecular weight is 336 g/mol. The van der Waals surface area contributed by atoms with Crippen LogP contribution in [0.5, 0.6) is 5.75 Å². The molecule has 0 saturated heterocycles. The summed E-state index contributed by atoms with van der Waals surface area (Å²) >= 11 is 11.8. The second kappa shape index (κ2) is 8.21. The Morgan fingerprint density at radius 1 is 1.09 bits per heavy atom. The molecule has 116 valence electrons. The highest BCUT2D eigenvalue weighted by molar-refractivity contribution is 6.36. The Bertz CT molecular complexity index is 651. The minimum Gasteiger partial charge on any atom is -0.506 e. The molecule has 0 heterocycles. The number of aliphatic imine (C=N–C) groups is 1. The van der Waals surface area contributed by atoms with Crippen LogP contribution in [-0.4, -0.2) is 11.3 Å². The fraction of sp³-hybridized carbons (Fsp3) is 0.278. The molecule has 0 aromatic heterocycles. The molecule has 0 bridgehead atoms. The number of benzene rings is 2. The Labute approximate surface area is 141 Å². The van der Waals surface area contributed by atoms with Crippen LogP contribution in [0.3, 0.4) is 0 Å². The van der Waals surface area contributed by atoms with Gasteiger partial charge in [-0.25, -0.2) is 0 Å². The molecule has 0 atom stereocenters. The summed E-state index contributed by atoms with van der Waals surface area (Å²) < 4.78 is 0. The second-order valence-electron chi connectivity index (χ2n) is 5.21. The van der Waals surface area contributed by atoms with Crippen molar-refractivity contribution in [1.29, 1.82) is 0 Å². The number of phenols is 1. The first-order valence-corrected chi connectivity index (χ1v) is 8.16. The molecule has 2 aromatic rings. The number of phenolic OH excluding ortho intramolecular Hbond substituents is 1. The Morgan fingerprint density at radius 2 is 1.82 bits per heavy atom. The number of nitrogens with zero attached hydrogens (tertiary/aromatic N) is 1. The number of aromatic hydroxyl groups is 1. The lowest BCUT2D eigenvalue weighted by atomic mass is 10.1. The van der Waals surface area contributed by atoms with Crippen molar-refractivity contribution in [2.24, 2.45) is 4.99 Å². The summed E-state index contributed by atoms with van der Waals surface area (Å²) in [5.41, 5.74) is 2.65. The van der Waals surface area contributed by atoms with E-state index in [1.807, 2.05) is 12.1 Å². The van der Waals surface area contributed by atoms with Crippen LogP contribution in [0.2, 0.25) is 10.0 Å². The van der Waals surface area contributed by atoms with Gasteiger partial charge in [-0.3, -0.25) is 4.99 Å². The number of hydrogen-bond donors (Lipinski definition) is 1. The summed E-state index contributed by atoms with van der Waals surface area (Å²) in [6.45, 7) is 2.20. The minimum absolute atomic E-state index is 0.00833. The van der Waals surface area contributed by atoms with Crippen LogP contribution in [0.25, 0.3) is 0 Å². The first-order valence-electron chi connectivity index (χ1n) is 7.41. The smallest absolute Gasteiger partial charge is 0.143 e. The monoisotopic (exact) mass is 335 g/mol. The molecule has 0 aliphatic heterocycles. The predicted molar refractivity (Wildman–Crippen MR) is 95.1 cm³/mol. The molecule has 1 N–H and O–H groups in total. The zero-order valence-electron chi connectivity index (χ0n) is 12.5. The lowest BCUT2D eigenvalue weighted by Crippen LogP contribution is -1.85. The van der Waals surface area contributed by atoms with Crippen molar-refractivity contribution < 1.29 is 5.11 Å². The third-order valence-electron chi connectivity index (χ3n) is 3.42. The topological polar surface area (TPSA) is 32.6 Å². The Kier molecular flexibility index (Phi) is 6.29. The third kappa shape index (κ3) is 4.75. The van der Waals surface area contributed by atoms with E-state index < -0.39 is 0 Å². The van der Waals surface area contributed by atoms with Gasteiger partial charge in [0.1, 0.15) is 5.75 Å². The minimum atomic E-state index is -0.00833. The third-order valence-corrected chi connectivity index (χ3v) is 3.92. The summed E-state index contributed by atoms with van der Waals surface area (Å²) in [6.07, 6.45) is 6.37. The summed E-state index contributed by atoms with van der Waals surface area (Å²) in [6, 6.07) is 11.3. The highest BCUT2D eigenvalue weighted by Gasteiger charge is 2.05. The Balaban J connectivity index is 2.07. The van der Waals surface area contributed by atoms with Crippen LogP contribution in [0.15, 0.2) is 41.4 Å². The van der Waals surface area contributed by atoms with Crippen LogP contribution >= 0.6 is 23.2 Å².